The van der Waals surface area contributed by atoms with Gasteiger partial charge in [0.25, 0.3) is 5.91 Å². The number of anilines is 1. The van der Waals surface area contributed by atoms with Crippen molar-refractivity contribution in [1.82, 2.24) is 25.0 Å². The van der Waals surface area contributed by atoms with Crippen molar-refractivity contribution in [3.05, 3.63) is 5.82 Å². The summed E-state index contributed by atoms with van der Waals surface area (Å²) in [5, 5.41) is 6.00. The Hall–Kier alpha value is -2.16. The number of methoxy groups -OCH3 is 1. The molecule has 9 nitrogen and oxygen atoms in total. The SMILES string of the molecule is COCCN(CC(=O)N(C)C)C(=O)c1nc(N)n[nH]1. The molecule has 0 aliphatic rings. The zero-order valence-corrected chi connectivity index (χ0v) is 11.2. The van der Waals surface area contributed by atoms with Crippen molar-refractivity contribution in [2.45, 2.75) is 0 Å². The molecule has 0 bridgehead atoms. The van der Waals surface area contributed by atoms with Crippen LogP contribution in [0.25, 0.3) is 0 Å². The average molecular weight is 270 g/mol. The van der Waals surface area contributed by atoms with Crippen LogP contribution in [0.3, 0.4) is 0 Å². The Bertz CT molecular complexity index is 444. The Labute approximate surface area is 110 Å². The predicted octanol–water partition coefficient (Wildman–Crippen LogP) is -1.44. The van der Waals surface area contributed by atoms with E-state index in [0.29, 0.717) is 6.61 Å². The highest BCUT2D eigenvalue weighted by atomic mass is 16.5. The fourth-order valence-electron chi connectivity index (χ4n) is 1.28. The summed E-state index contributed by atoms with van der Waals surface area (Å²) in [6.07, 6.45) is 0. The quantitative estimate of drug-likeness (QED) is 0.654. The summed E-state index contributed by atoms with van der Waals surface area (Å²) in [6, 6.07) is 0. The zero-order chi connectivity index (χ0) is 14.4. The standard InChI is InChI=1S/C10H18N6O3/c1-15(2)7(17)6-16(4-5-19-3)9(18)8-12-10(11)14-13-8/h4-6H2,1-3H3,(H3,11,12,13,14). The van der Waals surface area contributed by atoms with Crippen LogP contribution >= 0.6 is 0 Å². The molecule has 0 saturated heterocycles. The number of carbonyl (C=O) groups excluding carboxylic acids is 2. The molecule has 0 saturated carbocycles. The second kappa shape index (κ2) is 6.69. The lowest BCUT2D eigenvalue weighted by atomic mass is 10.4. The largest absolute Gasteiger partial charge is 0.383 e. The van der Waals surface area contributed by atoms with Crippen LogP contribution in [0.4, 0.5) is 5.95 Å². The van der Waals surface area contributed by atoms with Crippen LogP contribution in [0.5, 0.6) is 0 Å². The minimum absolute atomic E-state index is 0.000147. The van der Waals surface area contributed by atoms with Gasteiger partial charge in [-0.25, -0.2) is 0 Å². The van der Waals surface area contributed by atoms with E-state index in [-0.39, 0.29) is 30.8 Å². The van der Waals surface area contributed by atoms with E-state index >= 15 is 0 Å². The number of ether oxygens (including phenoxy) is 1. The number of nitrogens with zero attached hydrogens (tertiary/aromatic N) is 4. The number of amides is 2. The maximum absolute atomic E-state index is 12.1. The third-order valence-electron chi connectivity index (χ3n) is 2.38. The fraction of sp³-hybridized carbons (Fsp3) is 0.600. The molecular formula is C10H18N6O3. The molecule has 0 spiro atoms. The summed E-state index contributed by atoms with van der Waals surface area (Å²) in [4.78, 5) is 30.3. The molecule has 0 aromatic carbocycles. The molecule has 1 aromatic heterocycles. The Morgan fingerprint density at radius 1 is 1.42 bits per heavy atom. The Kier molecular flexibility index (Phi) is 5.24. The number of nitrogens with one attached hydrogen (secondary N) is 1. The smallest absolute Gasteiger partial charge is 0.291 e. The van der Waals surface area contributed by atoms with E-state index in [4.69, 9.17) is 10.5 Å². The number of H-pyrrole nitrogens is 1. The molecule has 0 fully saturated rings. The van der Waals surface area contributed by atoms with Crippen molar-refractivity contribution in [3.8, 4) is 0 Å². The molecule has 3 N–H and O–H groups in total. The van der Waals surface area contributed by atoms with Crippen LogP contribution in [0.2, 0.25) is 0 Å². The minimum atomic E-state index is -0.448. The number of carbonyl (C=O) groups is 2. The molecule has 1 heterocycles. The number of hydrogen-bond donors (Lipinski definition) is 2. The molecule has 9 heteroatoms. The third-order valence-corrected chi connectivity index (χ3v) is 2.38. The van der Waals surface area contributed by atoms with Gasteiger partial charge in [0.05, 0.1) is 6.61 Å². The number of rotatable bonds is 6. The van der Waals surface area contributed by atoms with Gasteiger partial charge in [-0.2, -0.15) is 4.98 Å². The monoisotopic (exact) mass is 270 g/mol. The molecule has 1 aromatic rings. The molecule has 1 rings (SSSR count). The van der Waals surface area contributed by atoms with Gasteiger partial charge in [-0.1, -0.05) is 0 Å². The van der Waals surface area contributed by atoms with Crippen LogP contribution in [-0.2, 0) is 9.53 Å². The average Bonchev–Trinajstić information content (AvgIpc) is 2.79. The fourth-order valence-corrected chi connectivity index (χ4v) is 1.28. The van der Waals surface area contributed by atoms with Crippen molar-refractivity contribution in [3.63, 3.8) is 0 Å². The number of nitrogen functional groups attached to an aromatic ring is 1. The van der Waals surface area contributed by atoms with Gasteiger partial charge in [-0.05, 0) is 0 Å². The summed E-state index contributed by atoms with van der Waals surface area (Å²) < 4.78 is 4.92. The van der Waals surface area contributed by atoms with Crippen LogP contribution < -0.4 is 5.73 Å². The number of hydrogen-bond acceptors (Lipinski definition) is 6. The first-order chi connectivity index (χ1) is 8.95. The highest BCUT2D eigenvalue weighted by Gasteiger charge is 2.22. The summed E-state index contributed by atoms with van der Waals surface area (Å²) >= 11 is 0. The lowest BCUT2D eigenvalue weighted by Gasteiger charge is -2.22. The summed E-state index contributed by atoms with van der Waals surface area (Å²) in [5.74, 6) is -0.664. The van der Waals surface area contributed by atoms with E-state index < -0.39 is 5.91 Å². The first kappa shape index (κ1) is 14.9. The second-order valence-corrected chi connectivity index (χ2v) is 4.05. The Morgan fingerprint density at radius 2 is 2.11 bits per heavy atom. The molecule has 2 amide bonds. The maximum Gasteiger partial charge on any atom is 0.291 e. The molecule has 0 radical (unpaired) electrons. The van der Waals surface area contributed by atoms with Crippen molar-refractivity contribution in [2.75, 3.05) is 46.6 Å². The van der Waals surface area contributed by atoms with Gasteiger partial charge in [0.2, 0.25) is 17.7 Å². The van der Waals surface area contributed by atoms with Gasteiger partial charge in [-0.15, -0.1) is 5.10 Å². The molecule has 0 unspecified atom stereocenters. The predicted molar refractivity (Wildman–Crippen MR) is 67.3 cm³/mol. The molecule has 106 valence electrons. The molecule has 19 heavy (non-hydrogen) atoms. The van der Waals surface area contributed by atoms with Crippen molar-refractivity contribution >= 4 is 17.8 Å². The van der Waals surface area contributed by atoms with E-state index in [1.807, 2.05) is 0 Å². The first-order valence-electron chi connectivity index (χ1n) is 5.62. The Balaban J connectivity index is 2.78. The van der Waals surface area contributed by atoms with E-state index in [1.54, 1.807) is 14.1 Å². The molecular weight excluding hydrogens is 252 g/mol. The zero-order valence-electron chi connectivity index (χ0n) is 11.2. The topological polar surface area (TPSA) is 117 Å². The van der Waals surface area contributed by atoms with Gasteiger partial charge in [-0.3, -0.25) is 14.7 Å². The van der Waals surface area contributed by atoms with Crippen LogP contribution in [-0.4, -0.2) is 77.7 Å². The van der Waals surface area contributed by atoms with Crippen molar-refractivity contribution < 1.29 is 14.3 Å². The first-order valence-corrected chi connectivity index (χ1v) is 5.62. The Morgan fingerprint density at radius 3 is 2.58 bits per heavy atom. The van der Waals surface area contributed by atoms with E-state index in [1.165, 1.54) is 16.9 Å². The van der Waals surface area contributed by atoms with E-state index in [9.17, 15) is 9.59 Å². The lowest BCUT2D eigenvalue weighted by Crippen LogP contribution is -2.42. The normalized spacial score (nSPS) is 10.3. The molecule has 0 aliphatic heterocycles. The van der Waals surface area contributed by atoms with Crippen LogP contribution in [0, 0.1) is 0 Å². The third kappa shape index (κ3) is 4.21. The van der Waals surface area contributed by atoms with Crippen LogP contribution in [0.1, 0.15) is 10.6 Å². The van der Waals surface area contributed by atoms with Crippen molar-refractivity contribution in [1.29, 1.82) is 0 Å². The van der Waals surface area contributed by atoms with Gasteiger partial charge < -0.3 is 20.3 Å². The van der Waals surface area contributed by atoms with Crippen LogP contribution in [0.15, 0.2) is 0 Å². The van der Waals surface area contributed by atoms with E-state index in [2.05, 4.69) is 15.2 Å². The number of aromatic amines is 1. The summed E-state index contributed by atoms with van der Waals surface area (Å²) in [7, 11) is 4.75. The number of likely N-dealkylation sites (N-methyl/N-ethyl adjacent to an activating group) is 1. The van der Waals surface area contributed by atoms with E-state index in [0.717, 1.165) is 0 Å². The van der Waals surface area contributed by atoms with Crippen molar-refractivity contribution in [2.24, 2.45) is 0 Å². The van der Waals surface area contributed by atoms with Gasteiger partial charge >= 0.3 is 0 Å². The highest BCUT2D eigenvalue weighted by Crippen LogP contribution is 2.01. The summed E-state index contributed by atoms with van der Waals surface area (Å²) in [6.45, 7) is 0.529. The summed E-state index contributed by atoms with van der Waals surface area (Å²) in [5.41, 5.74) is 5.34. The molecule has 0 atom stereocenters. The lowest BCUT2D eigenvalue weighted by molar-refractivity contribution is -0.129. The second-order valence-electron chi connectivity index (χ2n) is 4.05. The number of aromatic nitrogens is 3. The minimum Gasteiger partial charge on any atom is -0.383 e. The molecule has 0 aliphatic carbocycles. The van der Waals surface area contributed by atoms with Gasteiger partial charge in [0.1, 0.15) is 6.54 Å². The number of nitrogens with two attached hydrogens (primary N) is 1. The van der Waals surface area contributed by atoms with Gasteiger partial charge in [0, 0.05) is 27.7 Å². The maximum atomic E-state index is 12.1. The highest BCUT2D eigenvalue weighted by molar-refractivity contribution is 5.93. The van der Waals surface area contributed by atoms with Gasteiger partial charge in [0.15, 0.2) is 0 Å².